The van der Waals surface area contributed by atoms with Crippen molar-refractivity contribution >= 4 is 35.0 Å². The lowest BCUT2D eigenvalue weighted by Gasteiger charge is -2.24. The van der Waals surface area contributed by atoms with Gasteiger partial charge in [0, 0.05) is 16.1 Å². The van der Waals surface area contributed by atoms with E-state index in [1.54, 1.807) is 42.7 Å². The summed E-state index contributed by atoms with van der Waals surface area (Å²) < 4.78 is 30.8. The number of rotatable bonds is 11. The third kappa shape index (κ3) is 6.43. The summed E-state index contributed by atoms with van der Waals surface area (Å²) in [5.41, 5.74) is 3.57. The number of ether oxygens (including phenoxy) is 5. The number of hydrogen-bond acceptors (Lipinski definition) is 9. The minimum absolute atomic E-state index is 0.0998. The van der Waals surface area contributed by atoms with Crippen molar-refractivity contribution in [3.05, 3.63) is 125 Å². The number of esters is 1. The molecule has 0 radical (unpaired) electrons. The monoisotopic (exact) mass is 672 g/mol. The highest BCUT2D eigenvalue weighted by Crippen LogP contribution is 2.39. The Hall–Kier alpha value is -4.80. The van der Waals surface area contributed by atoms with Crippen LogP contribution < -0.4 is 33.8 Å². The van der Waals surface area contributed by atoms with E-state index in [4.69, 9.17) is 35.3 Å². The van der Waals surface area contributed by atoms with E-state index in [-0.39, 0.29) is 31.1 Å². The minimum atomic E-state index is -0.780. The molecule has 2 aliphatic rings. The van der Waals surface area contributed by atoms with Crippen LogP contribution in [0.1, 0.15) is 49.1 Å². The fraction of sp³-hybridized carbons (Fsp3) is 0.250. The Kier molecular flexibility index (Phi) is 9.51. The fourth-order valence-corrected chi connectivity index (χ4v) is 6.84. The maximum Gasteiger partial charge on any atom is 0.338 e. The molecule has 0 N–H and O–H groups in total. The molecule has 0 amide bonds. The van der Waals surface area contributed by atoms with Gasteiger partial charge in [-0.3, -0.25) is 9.36 Å². The summed E-state index contributed by atoms with van der Waals surface area (Å²) in [6.45, 7) is 10.3. The highest BCUT2D eigenvalue weighted by atomic mass is 35.5. The van der Waals surface area contributed by atoms with Crippen molar-refractivity contribution in [2.24, 2.45) is 4.99 Å². The molecule has 11 heteroatoms. The lowest BCUT2D eigenvalue weighted by atomic mass is 9.95. The number of benzene rings is 3. The number of halogens is 1. The van der Waals surface area contributed by atoms with Gasteiger partial charge in [0.1, 0.15) is 6.61 Å². The van der Waals surface area contributed by atoms with Crippen molar-refractivity contribution in [3.63, 3.8) is 0 Å². The summed E-state index contributed by atoms with van der Waals surface area (Å²) in [6, 6.07) is 15.9. The molecule has 0 aliphatic carbocycles. The van der Waals surface area contributed by atoms with E-state index in [1.165, 1.54) is 11.3 Å². The highest BCUT2D eigenvalue weighted by Gasteiger charge is 2.34. The van der Waals surface area contributed by atoms with Gasteiger partial charge in [-0.05, 0) is 74.7 Å². The number of aromatic nitrogens is 1. The van der Waals surface area contributed by atoms with Gasteiger partial charge in [-0.15, -0.1) is 6.58 Å². The number of allylic oxidation sites excluding steroid dienone is 2. The van der Waals surface area contributed by atoms with E-state index in [0.717, 1.165) is 16.7 Å². The summed E-state index contributed by atoms with van der Waals surface area (Å²) in [4.78, 5) is 32.6. The van der Waals surface area contributed by atoms with Crippen molar-refractivity contribution < 1.29 is 28.5 Å². The van der Waals surface area contributed by atoms with E-state index in [2.05, 4.69) is 11.6 Å². The van der Waals surface area contributed by atoms with Gasteiger partial charge in [0.05, 0.1) is 35.1 Å². The molecular weight excluding hydrogens is 640 g/mol. The Morgan fingerprint density at radius 1 is 1.09 bits per heavy atom. The Morgan fingerprint density at radius 3 is 2.66 bits per heavy atom. The Balaban J connectivity index is 1.46. The van der Waals surface area contributed by atoms with Crippen LogP contribution in [0.3, 0.4) is 0 Å². The first kappa shape index (κ1) is 32.2. The van der Waals surface area contributed by atoms with Gasteiger partial charge in [-0.2, -0.15) is 0 Å². The molecule has 6 rings (SSSR count). The van der Waals surface area contributed by atoms with Gasteiger partial charge >= 0.3 is 5.97 Å². The first-order valence-electron chi connectivity index (χ1n) is 15.2. The van der Waals surface area contributed by atoms with Gasteiger partial charge in [-0.25, -0.2) is 9.79 Å². The number of fused-ring (bicyclic) bond motifs is 2. The second-order valence-electron chi connectivity index (χ2n) is 10.7. The molecule has 0 saturated carbocycles. The number of carbonyl (C=O) groups is 1. The van der Waals surface area contributed by atoms with Gasteiger partial charge in [-0.1, -0.05) is 53.3 Å². The number of carbonyl (C=O) groups excluding carboxylic acids is 1. The van der Waals surface area contributed by atoms with Crippen molar-refractivity contribution in [2.75, 3.05) is 20.0 Å². The molecule has 3 aromatic carbocycles. The first-order chi connectivity index (χ1) is 22.8. The molecule has 2 aliphatic heterocycles. The van der Waals surface area contributed by atoms with Crippen molar-refractivity contribution in [1.82, 2.24) is 4.57 Å². The molecule has 0 fully saturated rings. The second-order valence-corrected chi connectivity index (χ2v) is 12.1. The quantitative estimate of drug-likeness (QED) is 0.145. The lowest BCUT2D eigenvalue weighted by Crippen LogP contribution is -2.39. The third-order valence-corrected chi connectivity index (χ3v) is 9.03. The summed E-state index contributed by atoms with van der Waals surface area (Å²) in [6.07, 6.45) is 4.10. The van der Waals surface area contributed by atoms with Crippen LogP contribution in [0.25, 0.3) is 6.08 Å². The Morgan fingerprint density at radius 2 is 1.89 bits per heavy atom. The Bertz CT molecular complexity index is 2080. The smallest absolute Gasteiger partial charge is 0.338 e. The summed E-state index contributed by atoms with van der Waals surface area (Å²) in [5.74, 6) is 1.73. The first-order valence-corrected chi connectivity index (χ1v) is 16.4. The normalized spacial score (nSPS) is 15.2. The lowest BCUT2D eigenvalue weighted by molar-refractivity contribution is -0.139. The zero-order chi connectivity index (χ0) is 33.1. The van der Waals surface area contributed by atoms with Crippen LogP contribution >= 0.6 is 22.9 Å². The topological polar surface area (TPSA) is 97.6 Å². The van der Waals surface area contributed by atoms with Crippen LogP contribution in [0, 0.1) is 0 Å². The molecule has 0 unspecified atom stereocenters. The number of hydrogen-bond donors (Lipinski definition) is 0. The number of nitrogens with zero attached hydrogens (tertiary/aromatic N) is 2. The average molecular weight is 673 g/mol. The molecule has 3 heterocycles. The largest absolute Gasteiger partial charge is 0.490 e. The minimum Gasteiger partial charge on any atom is -0.490 e. The van der Waals surface area contributed by atoms with Gasteiger partial charge < -0.3 is 23.7 Å². The zero-order valence-electron chi connectivity index (χ0n) is 26.2. The molecule has 4 aromatic rings. The van der Waals surface area contributed by atoms with Crippen LogP contribution in [0.15, 0.2) is 88.3 Å². The van der Waals surface area contributed by atoms with E-state index in [9.17, 15) is 9.59 Å². The predicted octanol–water partition coefficient (Wildman–Crippen LogP) is 5.89. The van der Waals surface area contributed by atoms with E-state index >= 15 is 0 Å². The molecule has 242 valence electrons. The highest BCUT2D eigenvalue weighted by molar-refractivity contribution is 7.07. The average Bonchev–Trinajstić information content (AvgIpc) is 3.64. The van der Waals surface area contributed by atoms with E-state index in [1.807, 2.05) is 49.4 Å². The zero-order valence-corrected chi connectivity index (χ0v) is 27.8. The van der Waals surface area contributed by atoms with Crippen molar-refractivity contribution in [2.45, 2.75) is 39.8 Å². The molecule has 9 nitrogen and oxygen atoms in total. The van der Waals surface area contributed by atoms with Crippen molar-refractivity contribution in [3.8, 4) is 23.0 Å². The van der Waals surface area contributed by atoms with Crippen LogP contribution in [-0.4, -0.2) is 30.5 Å². The number of thiazole rings is 1. The van der Waals surface area contributed by atoms with Gasteiger partial charge in [0.2, 0.25) is 6.79 Å². The molecule has 47 heavy (non-hydrogen) atoms. The molecular formula is C36H33ClN2O7S. The maximum atomic E-state index is 14.2. The van der Waals surface area contributed by atoms with Crippen molar-refractivity contribution in [1.29, 1.82) is 0 Å². The van der Waals surface area contributed by atoms with Crippen LogP contribution in [0.5, 0.6) is 23.0 Å². The van der Waals surface area contributed by atoms with Gasteiger partial charge in [0.15, 0.2) is 27.8 Å². The fourth-order valence-electron chi connectivity index (χ4n) is 5.61. The van der Waals surface area contributed by atoms with Crippen LogP contribution in [-0.2, 0) is 22.6 Å². The predicted molar refractivity (Wildman–Crippen MR) is 180 cm³/mol. The van der Waals surface area contributed by atoms with Crippen LogP contribution in [0.2, 0.25) is 5.02 Å². The molecule has 0 spiro atoms. The molecule has 0 saturated heterocycles. The van der Waals surface area contributed by atoms with E-state index in [0.29, 0.717) is 61.6 Å². The van der Waals surface area contributed by atoms with E-state index < -0.39 is 12.0 Å². The standard InChI is InChI=1S/C36H33ClN2O7S/c1-5-10-24-15-22(16-29(42-6-2)33(24)44-19-25-11-8-9-12-26(25)37)17-30-34(40)39-32(23-13-14-27-28(18-23)46-20-45-27)31(35(41)43-7-3)21(4)38-36(39)47-30/h5,8-9,11-18,32H,1,6-7,10,19-20H2,2-4H3/b30-17+/t32-/m1/s1. The molecule has 1 aromatic heterocycles. The van der Waals surface area contributed by atoms with Crippen LogP contribution in [0.4, 0.5) is 0 Å². The third-order valence-electron chi connectivity index (χ3n) is 7.68. The summed E-state index contributed by atoms with van der Waals surface area (Å²) >= 11 is 7.62. The summed E-state index contributed by atoms with van der Waals surface area (Å²) in [5, 5.41) is 0.614. The Labute approximate surface area is 280 Å². The second kappa shape index (κ2) is 13.9. The summed E-state index contributed by atoms with van der Waals surface area (Å²) in [7, 11) is 0. The maximum absolute atomic E-state index is 14.2. The SMILES string of the molecule is C=CCc1cc(/C=c2/sc3n(c2=O)[C@H](c2ccc4c(c2)OCO4)C(C(=O)OCC)=C(C)N=3)cc(OCC)c1OCc1ccccc1Cl. The molecule has 0 bridgehead atoms. The molecule has 1 atom stereocenters. The van der Waals surface area contributed by atoms with Gasteiger partial charge in [0.25, 0.3) is 5.56 Å².